The van der Waals surface area contributed by atoms with Crippen molar-refractivity contribution in [1.29, 1.82) is 0 Å². The third-order valence-electron chi connectivity index (χ3n) is 1.93. The number of aliphatic carboxylic acids is 1. The molecule has 21 heavy (non-hydrogen) atoms. The predicted octanol–water partition coefficient (Wildman–Crippen LogP) is -7.30. The van der Waals surface area contributed by atoms with Crippen LogP contribution in [0.25, 0.3) is 0 Å². The summed E-state index contributed by atoms with van der Waals surface area (Å²) < 4.78 is 0. The van der Waals surface area contributed by atoms with E-state index in [9.17, 15) is 9.90 Å². The smallest absolute Gasteiger partial charge is 1.00 e. The molecule has 0 bridgehead atoms. The average molecular weight is 461 g/mol. The molecular weight excluding hydrogens is 438 g/mol. The molecule has 0 aromatic carbocycles. The summed E-state index contributed by atoms with van der Waals surface area (Å²) in [6.45, 7) is 3.13. The van der Waals surface area contributed by atoms with Gasteiger partial charge in [-0.15, -0.1) is 0 Å². The Morgan fingerprint density at radius 1 is 1.38 bits per heavy atom. The van der Waals surface area contributed by atoms with Crippen molar-refractivity contribution in [3.8, 4) is 0 Å². The van der Waals surface area contributed by atoms with Gasteiger partial charge in [-0.3, -0.25) is 0 Å². The molecule has 9 nitrogen and oxygen atoms in total. The standard InChI is InChI=1S/C6H9N3O2.C4H13N3.HI.Ni.H2O/c7-5(6(10)11)1-4-2-8-3-9-4;5-1-3-7-4-2-6;;;/h2-3,5H,1,7H2,(H,8,9)(H,10,11);7H,1-6H2;1H;;1H2/q;;;+2;/p-2/t5-;;;;/m0..../s1. The molecule has 1 rings (SSSR count). The first-order chi connectivity index (χ1) is 8.61. The first kappa shape index (κ1) is 28.8. The number of hydrogen-bond acceptors (Lipinski definition) is 7. The van der Waals surface area contributed by atoms with Crippen LogP contribution in [0.2, 0.25) is 0 Å². The van der Waals surface area contributed by atoms with Crippen molar-refractivity contribution in [2.24, 2.45) is 17.2 Å². The maximum absolute atomic E-state index is 10.2. The van der Waals surface area contributed by atoms with Crippen molar-refractivity contribution < 1.29 is 55.8 Å². The van der Waals surface area contributed by atoms with Crippen LogP contribution >= 0.6 is 0 Å². The molecule has 1 aromatic heterocycles. The predicted molar refractivity (Wildman–Crippen MR) is 69.9 cm³/mol. The van der Waals surface area contributed by atoms with Crippen LogP contribution in [0.3, 0.4) is 0 Å². The Hall–Kier alpha value is -0.296. The van der Waals surface area contributed by atoms with Crippen molar-refractivity contribution >= 4 is 5.97 Å². The van der Waals surface area contributed by atoms with E-state index in [1.165, 1.54) is 6.33 Å². The summed E-state index contributed by atoms with van der Waals surface area (Å²) in [5.41, 5.74) is 16.2. The Morgan fingerprint density at radius 3 is 2.24 bits per heavy atom. The number of rotatable bonds is 7. The van der Waals surface area contributed by atoms with Gasteiger partial charge in [0, 0.05) is 44.8 Å². The Morgan fingerprint density at radius 2 is 1.90 bits per heavy atom. The first-order valence-electron chi connectivity index (χ1n) is 5.66. The average Bonchev–Trinajstić information content (AvgIpc) is 2.83. The van der Waals surface area contributed by atoms with E-state index in [2.05, 4.69) is 15.3 Å². The van der Waals surface area contributed by atoms with E-state index in [1.807, 2.05) is 0 Å². The van der Waals surface area contributed by atoms with Crippen LogP contribution in [0.5, 0.6) is 0 Å². The number of carboxylic acids is 1. The zero-order valence-electron chi connectivity index (χ0n) is 11.5. The van der Waals surface area contributed by atoms with Gasteiger partial charge in [0.25, 0.3) is 0 Å². The van der Waals surface area contributed by atoms with Gasteiger partial charge < -0.3 is 66.9 Å². The normalized spacial score (nSPS) is 9.86. The molecule has 10 N–H and O–H groups in total. The molecule has 1 heterocycles. The Kier molecular flexibility index (Phi) is 27.0. The molecule has 0 spiro atoms. The van der Waals surface area contributed by atoms with E-state index in [4.69, 9.17) is 17.2 Å². The third kappa shape index (κ3) is 17.7. The second-order valence-corrected chi connectivity index (χ2v) is 3.52. The number of nitrogens with zero attached hydrogens (tertiary/aromatic N) is 1. The molecular formula is C10H23IN6NiO3. The van der Waals surface area contributed by atoms with Gasteiger partial charge in [-0.2, -0.15) is 0 Å². The van der Waals surface area contributed by atoms with Crippen LogP contribution in [0.1, 0.15) is 5.69 Å². The van der Waals surface area contributed by atoms with Crippen molar-refractivity contribution in [1.82, 2.24) is 15.3 Å². The number of hydrogen-bond donors (Lipinski definition) is 5. The van der Waals surface area contributed by atoms with Gasteiger partial charge in [0.15, 0.2) is 0 Å². The molecule has 0 aliphatic carbocycles. The van der Waals surface area contributed by atoms with Crippen LogP contribution in [-0.2, 0) is 27.7 Å². The van der Waals surface area contributed by atoms with Gasteiger partial charge in [0.2, 0.25) is 0 Å². The number of aromatic nitrogens is 2. The molecule has 1 aromatic rings. The summed E-state index contributed by atoms with van der Waals surface area (Å²) in [6.07, 6.45) is 3.27. The molecule has 128 valence electrons. The van der Waals surface area contributed by atoms with Crippen LogP contribution in [0.4, 0.5) is 0 Å². The van der Waals surface area contributed by atoms with E-state index in [0.717, 1.165) is 13.1 Å². The van der Waals surface area contributed by atoms with Crippen molar-refractivity contribution in [2.45, 2.75) is 12.5 Å². The number of nitrogens with one attached hydrogen (secondary N) is 2. The summed E-state index contributed by atoms with van der Waals surface area (Å²) in [7, 11) is 0. The van der Waals surface area contributed by atoms with Crippen LogP contribution in [0.15, 0.2) is 12.5 Å². The Labute approximate surface area is 151 Å². The quantitative estimate of drug-likeness (QED) is 0.151. The number of carbonyl (C=O) groups excluding carboxylic acids is 1. The molecule has 0 unspecified atom stereocenters. The summed E-state index contributed by atoms with van der Waals surface area (Å²) in [5.74, 6) is -1.26. The van der Waals surface area contributed by atoms with E-state index in [-0.39, 0.29) is 52.4 Å². The fraction of sp³-hybridized carbons (Fsp3) is 0.600. The SMILES string of the molecule is NCCNCCN.N[C@@H](Cc1c[nH]cn1)C(=O)[O-].O.[I-].[Ni+2]. The van der Waals surface area contributed by atoms with Gasteiger partial charge >= 0.3 is 16.5 Å². The summed E-state index contributed by atoms with van der Waals surface area (Å²) in [4.78, 5) is 16.7. The minimum atomic E-state index is -1.26. The maximum atomic E-state index is 10.2. The number of nitrogens with two attached hydrogens (primary N) is 3. The van der Waals surface area contributed by atoms with E-state index in [1.54, 1.807) is 6.20 Å². The van der Waals surface area contributed by atoms with E-state index in [0.29, 0.717) is 18.8 Å². The van der Waals surface area contributed by atoms with Gasteiger partial charge in [0.05, 0.1) is 18.0 Å². The summed E-state index contributed by atoms with van der Waals surface area (Å²) >= 11 is 0. The summed E-state index contributed by atoms with van der Waals surface area (Å²) in [5, 5.41) is 13.2. The van der Waals surface area contributed by atoms with Crippen molar-refractivity contribution in [3.63, 3.8) is 0 Å². The largest absolute Gasteiger partial charge is 2.00 e. The zero-order chi connectivity index (χ0) is 13.8. The van der Waals surface area contributed by atoms with Crippen molar-refractivity contribution in [2.75, 3.05) is 26.2 Å². The Bertz CT molecular complexity index is 314. The number of imidazole rings is 1. The number of carbonyl (C=O) groups is 1. The molecule has 0 saturated heterocycles. The molecule has 0 radical (unpaired) electrons. The molecule has 0 aliphatic rings. The first-order valence-corrected chi connectivity index (χ1v) is 5.66. The minimum Gasteiger partial charge on any atom is -1.00 e. The molecule has 0 amide bonds. The number of halogens is 1. The monoisotopic (exact) mass is 460 g/mol. The van der Waals surface area contributed by atoms with Crippen molar-refractivity contribution in [3.05, 3.63) is 18.2 Å². The van der Waals surface area contributed by atoms with Crippen LogP contribution in [0, 0.1) is 0 Å². The van der Waals surface area contributed by atoms with Gasteiger partial charge in [-0.1, -0.05) is 0 Å². The third-order valence-corrected chi connectivity index (χ3v) is 1.93. The minimum absolute atomic E-state index is 0. The molecule has 0 fully saturated rings. The molecule has 1 atom stereocenters. The maximum Gasteiger partial charge on any atom is 2.00 e. The van der Waals surface area contributed by atoms with Gasteiger partial charge in [-0.25, -0.2) is 4.98 Å². The van der Waals surface area contributed by atoms with E-state index < -0.39 is 12.0 Å². The zero-order valence-corrected chi connectivity index (χ0v) is 14.6. The fourth-order valence-electron chi connectivity index (χ4n) is 1.04. The second kappa shape index (κ2) is 19.7. The second-order valence-electron chi connectivity index (χ2n) is 3.52. The number of H-pyrrole nitrogens is 1. The molecule has 11 heteroatoms. The Balaban J connectivity index is -0.000000130. The van der Waals surface area contributed by atoms with E-state index >= 15 is 0 Å². The number of aromatic amines is 1. The summed E-state index contributed by atoms with van der Waals surface area (Å²) in [6, 6.07) is -0.974. The molecule has 0 saturated carbocycles. The topological polar surface area (TPSA) is 190 Å². The molecule has 0 aliphatic heterocycles. The van der Waals surface area contributed by atoms with Crippen LogP contribution < -0.4 is 51.6 Å². The number of carboxylic acid groups (broad SMARTS) is 1. The van der Waals surface area contributed by atoms with Gasteiger partial charge in [0.1, 0.15) is 0 Å². The van der Waals surface area contributed by atoms with Gasteiger partial charge in [-0.05, 0) is 0 Å². The van der Waals surface area contributed by atoms with Crippen LogP contribution in [-0.4, -0.2) is 53.6 Å². The fourth-order valence-corrected chi connectivity index (χ4v) is 1.04.